The molecule has 1 saturated heterocycles. The van der Waals surface area contributed by atoms with Crippen LogP contribution in [-0.4, -0.2) is 45.5 Å². The maximum atomic E-state index is 13.6. The Balaban J connectivity index is 1.32. The predicted molar refractivity (Wildman–Crippen MR) is 157 cm³/mol. The fourth-order valence-corrected chi connectivity index (χ4v) is 8.04. The highest BCUT2D eigenvalue weighted by Crippen LogP contribution is 2.68. The van der Waals surface area contributed by atoms with E-state index in [1.165, 1.54) is 11.9 Å². The number of ether oxygens (including phenoxy) is 1. The molecule has 6 rings (SSSR count). The summed E-state index contributed by atoms with van der Waals surface area (Å²) in [6.45, 7) is 12.4. The van der Waals surface area contributed by atoms with Gasteiger partial charge in [-0.1, -0.05) is 32.1 Å². The highest BCUT2D eigenvalue weighted by atomic mass is 32.2. The Kier molecular flexibility index (Phi) is 6.79. The number of allylic oxidation sites excluding steroid dienone is 4. The Morgan fingerprint density at radius 3 is 2.75 bits per heavy atom. The zero-order valence-corrected chi connectivity index (χ0v) is 24.9. The molecule has 4 aliphatic rings. The van der Waals surface area contributed by atoms with E-state index in [2.05, 4.69) is 67.6 Å². The van der Waals surface area contributed by atoms with Crippen molar-refractivity contribution in [3.63, 3.8) is 0 Å². The second-order valence-corrected chi connectivity index (χ2v) is 14.1. The number of hydrogen-bond acceptors (Lipinski definition) is 6. The average Bonchev–Trinajstić information content (AvgIpc) is 3.16. The van der Waals surface area contributed by atoms with Gasteiger partial charge in [0, 0.05) is 34.7 Å². The number of aromatic nitrogens is 3. The number of nitrogens with zero attached hydrogens (tertiary/aromatic N) is 4. The van der Waals surface area contributed by atoms with Crippen molar-refractivity contribution in [1.82, 2.24) is 19.5 Å². The number of fused-ring (bicyclic) bond motifs is 5. The number of carbonyl (C=O) groups is 1. The maximum Gasteiger partial charge on any atom is 0.265 e. The molecule has 0 aromatic carbocycles. The minimum absolute atomic E-state index is 0.0248. The van der Waals surface area contributed by atoms with Gasteiger partial charge in [-0.25, -0.2) is 14.1 Å². The van der Waals surface area contributed by atoms with Gasteiger partial charge in [0.2, 0.25) is 5.88 Å². The fraction of sp³-hybridized carbons (Fsp3) is 0.581. The Morgan fingerprint density at radius 1 is 1.23 bits per heavy atom. The van der Waals surface area contributed by atoms with E-state index >= 15 is 0 Å². The van der Waals surface area contributed by atoms with Gasteiger partial charge in [-0.2, -0.15) is 0 Å². The molecule has 2 saturated carbocycles. The summed E-state index contributed by atoms with van der Waals surface area (Å²) in [4.78, 5) is 22.1. The third-order valence-electron chi connectivity index (χ3n) is 9.28. The number of nitrogens with one attached hydrogen (secondary N) is 1. The third kappa shape index (κ3) is 4.95. The number of alkyl halides is 1. The third-order valence-corrected chi connectivity index (χ3v) is 10.3. The minimum atomic E-state index is -0.665. The molecule has 7 nitrogen and oxygen atoms in total. The molecule has 2 aliphatic carbocycles. The summed E-state index contributed by atoms with van der Waals surface area (Å²) < 4.78 is 24.3. The van der Waals surface area contributed by atoms with Gasteiger partial charge in [0.05, 0.1) is 12.2 Å². The zero-order chi connectivity index (χ0) is 28.3. The van der Waals surface area contributed by atoms with E-state index in [9.17, 15) is 9.18 Å². The number of anilines is 1. The lowest BCUT2D eigenvalue weighted by Crippen LogP contribution is -2.40. The molecule has 214 valence electrons. The van der Waals surface area contributed by atoms with Crippen LogP contribution in [-0.2, 0) is 0 Å². The molecule has 2 bridgehead atoms. The van der Waals surface area contributed by atoms with Crippen LogP contribution in [0, 0.1) is 22.7 Å². The Bertz CT molecular complexity index is 1370. The Labute approximate surface area is 240 Å². The first kappa shape index (κ1) is 27.4. The van der Waals surface area contributed by atoms with Crippen LogP contribution in [0.1, 0.15) is 77.1 Å². The van der Waals surface area contributed by atoms with Crippen molar-refractivity contribution >= 4 is 23.7 Å². The molecule has 40 heavy (non-hydrogen) atoms. The molecular weight excluding hydrogens is 525 g/mol. The highest BCUT2D eigenvalue weighted by molar-refractivity contribution is 8.01. The Hall–Kier alpha value is -2.81. The SMILES string of the molecule is C/C=C\C1/C=C(\CC)SNC(=O)c2ccc(-n3ccc(OCC45CC(F)C4C5)n3)nc2N2C[C@@](C)(C1)CC2(C)C. The zero-order valence-electron chi connectivity index (χ0n) is 24.1. The van der Waals surface area contributed by atoms with Crippen molar-refractivity contribution in [2.24, 2.45) is 22.7 Å². The lowest BCUT2D eigenvalue weighted by molar-refractivity contribution is 0.0729. The van der Waals surface area contributed by atoms with Crippen molar-refractivity contribution in [1.29, 1.82) is 0 Å². The summed E-state index contributed by atoms with van der Waals surface area (Å²) in [6.07, 6.45) is 12.3. The highest BCUT2D eigenvalue weighted by Gasteiger charge is 2.68. The van der Waals surface area contributed by atoms with Gasteiger partial charge in [-0.3, -0.25) is 9.52 Å². The van der Waals surface area contributed by atoms with Crippen LogP contribution in [0.4, 0.5) is 10.2 Å². The smallest absolute Gasteiger partial charge is 0.265 e. The molecule has 4 heterocycles. The molecule has 2 aliphatic heterocycles. The molecular formula is C31H40FN5O2S. The van der Waals surface area contributed by atoms with E-state index in [1.807, 2.05) is 24.4 Å². The topological polar surface area (TPSA) is 72.3 Å². The van der Waals surface area contributed by atoms with Gasteiger partial charge in [-0.15, -0.1) is 5.10 Å². The van der Waals surface area contributed by atoms with E-state index in [0.29, 0.717) is 42.0 Å². The molecule has 0 spiro atoms. The van der Waals surface area contributed by atoms with Crippen molar-refractivity contribution in [3.8, 4) is 11.7 Å². The van der Waals surface area contributed by atoms with E-state index in [-0.39, 0.29) is 28.2 Å². The van der Waals surface area contributed by atoms with Gasteiger partial charge in [0.1, 0.15) is 12.0 Å². The molecule has 9 heteroatoms. The van der Waals surface area contributed by atoms with E-state index in [1.54, 1.807) is 4.68 Å². The number of amides is 1. The first-order valence-electron chi connectivity index (χ1n) is 14.5. The van der Waals surface area contributed by atoms with Gasteiger partial charge < -0.3 is 9.64 Å². The minimum Gasteiger partial charge on any atom is -0.476 e. The van der Waals surface area contributed by atoms with Crippen molar-refractivity contribution in [2.45, 2.75) is 78.4 Å². The van der Waals surface area contributed by atoms with Gasteiger partial charge >= 0.3 is 0 Å². The normalized spacial score (nSPS) is 34.0. The van der Waals surface area contributed by atoms with Gasteiger partial charge in [-0.05, 0) is 94.2 Å². The first-order valence-corrected chi connectivity index (χ1v) is 15.3. The van der Waals surface area contributed by atoms with Gasteiger partial charge in [0.15, 0.2) is 5.82 Å². The lowest BCUT2D eigenvalue weighted by Gasteiger charge is -2.34. The molecule has 2 aromatic heterocycles. The summed E-state index contributed by atoms with van der Waals surface area (Å²) >= 11 is 1.40. The van der Waals surface area contributed by atoms with E-state index in [4.69, 9.17) is 9.72 Å². The summed E-state index contributed by atoms with van der Waals surface area (Å²) in [6, 6.07) is 5.51. The monoisotopic (exact) mass is 565 g/mol. The summed E-state index contributed by atoms with van der Waals surface area (Å²) in [5, 5.41) is 4.61. The standard InChI is InChI=1S/C31H40FN5O2S/c1-6-8-20-13-21(7-2)40-35-28(38)22-9-10-25(33-27(22)36-18-30(5,14-20)17-29(36,3)4)37-12-11-26(34-37)39-19-31-15-23(31)24(32)16-31/h6,8-13,20,23-24H,7,14-19H2,1-5H3,(H,35,38)/b8-6-,21-13+/t20?,23?,24?,30-,31?/m0/s1. The molecule has 1 N–H and O–H groups in total. The molecule has 5 atom stereocenters. The predicted octanol–water partition coefficient (Wildman–Crippen LogP) is 6.66. The van der Waals surface area contributed by atoms with Crippen LogP contribution in [0.5, 0.6) is 5.88 Å². The van der Waals surface area contributed by atoms with Crippen LogP contribution in [0.3, 0.4) is 0 Å². The number of hydrogen-bond donors (Lipinski definition) is 1. The van der Waals surface area contributed by atoms with Crippen molar-refractivity contribution < 1.29 is 13.9 Å². The number of carbonyl (C=O) groups excluding carboxylic acids is 1. The molecule has 4 unspecified atom stereocenters. The molecule has 2 aromatic rings. The summed E-state index contributed by atoms with van der Waals surface area (Å²) in [5.74, 6) is 2.13. The first-order chi connectivity index (χ1) is 19.0. The second-order valence-electron chi connectivity index (χ2n) is 13.1. The van der Waals surface area contributed by atoms with Crippen LogP contribution in [0.2, 0.25) is 0 Å². The Morgan fingerprint density at radius 2 is 2.05 bits per heavy atom. The fourth-order valence-electron chi connectivity index (χ4n) is 7.32. The van der Waals surface area contributed by atoms with Crippen LogP contribution in [0.15, 0.2) is 47.5 Å². The number of pyridine rings is 1. The van der Waals surface area contributed by atoms with E-state index in [0.717, 1.165) is 37.1 Å². The van der Waals surface area contributed by atoms with Gasteiger partial charge in [0.25, 0.3) is 5.91 Å². The van der Waals surface area contributed by atoms with E-state index < -0.39 is 6.17 Å². The van der Waals surface area contributed by atoms with Crippen LogP contribution in [0.25, 0.3) is 5.82 Å². The number of halogens is 1. The quantitative estimate of drug-likeness (QED) is 0.312. The largest absolute Gasteiger partial charge is 0.476 e. The van der Waals surface area contributed by atoms with Crippen LogP contribution >= 0.6 is 11.9 Å². The number of rotatable bonds is 6. The average molecular weight is 566 g/mol. The molecule has 3 fully saturated rings. The van der Waals surface area contributed by atoms with Crippen molar-refractivity contribution in [3.05, 3.63) is 53.1 Å². The summed E-state index contributed by atoms with van der Waals surface area (Å²) in [7, 11) is 0. The van der Waals surface area contributed by atoms with Crippen LogP contribution < -0.4 is 14.4 Å². The van der Waals surface area contributed by atoms with Crippen molar-refractivity contribution in [2.75, 3.05) is 18.1 Å². The summed E-state index contributed by atoms with van der Waals surface area (Å²) in [5.41, 5.74) is 0.439. The lowest BCUT2D eigenvalue weighted by atomic mass is 9.76. The maximum absolute atomic E-state index is 13.6. The second kappa shape index (κ2) is 9.93. The molecule has 1 amide bonds. The molecule has 0 radical (unpaired) electrons.